The van der Waals surface area contributed by atoms with Crippen LogP contribution in [-0.4, -0.2) is 40.6 Å². The van der Waals surface area contributed by atoms with Crippen molar-refractivity contribution in [1.29, 1.82) is 0 Å². The summed E-state index contributed by atoms with van der Waals surface area (Å²) in [5.74, 6) is -2.21. The van der Waals surface area contributed by atoms with E-state index in [2.05, 4.69) is 5.32 Å². The lowest BCUT2D eigenvalue weighted by atomic mass is 10.1. The Morgan fingerprint density at radius 3 is 2.12 bits per heavy atom. The highest BCUT2D eigenvalue weighted by Gasteiger charge is 2.38. The zero-order chi connectivity index (χ0) is 18.8. The van der Waals surface area contributed by atoms with E-state index in [0.717, 1.165) is 0 Å². The second-order valence-corrected chi connectivity index (χ2v) is 6.66. The number of hydrogen-bond acceptors (Lipinski definition) is 6. The minimum atomic E-state index is -0.821. The Labute approximate surface area is 145 Å². The summed E-state index contributed by atoms with van der Waals surface area (Å²) >= 11 is 0. The highest BCUT2D eigenvalue weighted by atomic mass is 16.7. The van der Waals surface area contributed by atoms with Crippen molar-refractivity contribution in [2.75, 3.05) is 0 Å². The van der Waals surface area contributed by atoms with Crippen molar-refractivity contribution < 1.29 is 28.8 Å². The van der Waals surface area contributed by atoms with Gasteiger partial charge in [-0.2, -0.15) is 0 Å². The second-order valence-electron chi connectivity index (χ2n) is 6.66. The molecule has 0 spiro atoms. The van der Waals surface area contributed by atoms with Crippen LogP contribution in [-0.2, 0) is 14.4 Å². The minimum Gasteiger partial charge on any atom is -0.444 e. The van der Waals surface area contributed by atoms with Gasteiger partial charge in [0.25, 0.3) is 11.8 Å². The van der Waals surface area contributed by atoms with Gasteiger partial charge in [-0.3, -0.25) is 9.59 Å². The summed E-state index contributed by atoms with van der Waals surface area (Å²) in [6.45, 7) is 6.73. The average Bonchev–Trinajstić information content (AvgIpc) is 2.70. The van der Waals surface area contributed by atoms with E-state index in [4.69, 9.17) is 9.57 Å². The van der Waals surface area contributed by atoms with Gasteiger partial charge in [0.2, 0.25) is 0 Å². The third-order valence-electron chi connectivity index (χ3n) is 3.19. The molecule has 0 aliphatic carbocycles. The van der Waals surface area contributed by atoms with Crippen molar-refractivity contribution in [2.45, 2.75) is 45.8 Å². The van der Waals surface area contributed by atoms with E-state index in [-0.39, 0.29) is 17.5 Å². The lowest BCUT2D eigenvalue weighted by Gasteiger charge is -2.22. The number of alkyl carbamates (subject to hydrolysis) is 1. The molecular weight excluding hydrogens is 328 g/mol. The summed E-state index contributed by atoms with van der Waals surface area (Å²) in [5, 5.41) is 2.92. The van der Waals surface area contributed by atoms with Crippen molar-refractivity contribution in [2.24, 2.45) is 0 Å². The molecular formula is C17H20N2O6. The van der Waals surface area contributed by atoms with Crippen molar-refractivity contribution in [3.05, 3.63) is 35.4 Å². The number of rotatable bonds is 4. The van der Waals surface area contributed by atoms with Crippen molar-refractivity contribution in [1.82, 2.24) is 10.4 Å². The van der Waals surface area contributed by atoms with Crippen molar-refractivity contribution in [3.63, 3.8) is 0 Å². The standard InChI is InChI=1S/C17H20N2O6/c1-10(18-16(23)24-17(2,3)4)9-13(20)25-19-14(21)11-7-5-6-8-12(11)15(19)22/h5-8,10H,9H2,1-4H3,(H,18,23). The van der Waals surface area contributed by atoms with Crippen LogP contribution in [0.5, 0.6) is 0 Å². The largest absolute Gasteiger partial charge is 0.444 e. The fourth-order valence-electron chi connectivity index (χ4n) is 2.20. The number of amides is 3. The maximum Gasteiger partial charge on any atom is 0.407 e. The first-order valence-electron chi connectivity index (χ1n) is 7.76. The van der Waals surface area contributed by atoms with Crippen LogP contribution < -0.4 is 5.32 Å². The number of ether oxygens (including phenoxy) is 1. The summed E-state index contributed by atoms with van der Waals surface area (Å²) in [7, 11) is 0. The number of carbonyl (C=O) groups is 4. The first-order valence-corrected chi connectivity index (χ1v) is 7.76. The zero-order valence-corrected chi connectivity index (χ0v) is 14.5. The maximum absolute atomic E-state index is 12.1. The van der Waals surface area contributed by atoms with Crippen LogP contribution in [0, 0.1) is 0 Å². The summed E-state index contributed by atoms with van der Waals surface area (Å²) < 4.78 is 5.08. The molecule has 0 radical (unpaired) electrons. The lowest BCUT2D eigenvalue weighted by molar-refractivity contribution is -0.169. The monoisotopic (exact) mass is 348 g/mol. The van der Waals surface area contributed by atoms with E-state index in [1.807, 2.05) is 0 Å². The number of imide groups is 1. The number of hydroxylamine groups is 2. The average molecular weight is 348 g/mol. The Morgan fingerprint density at radius 1 is 1.12 bits per heavy atom. The third kappa shape index (κ3) is 4.56. The van der Waals surface area contributed by atoms with E-state index in [1.165, 1.54) is 12.1 Å². The number of hydrogen-bond donors (Lipinski definition) is 1. The van der Waals surface area contributed by atoms with Gasteiger partial charge < -0.3 is 14.9 Å². The van der Waals surface area contributed by atoms with Gasteiger partial charge in [0.1, 0.15) is 5.60 Å². The van der Waals surface area contributed by atoms with Crippen LogP contribution in [0.3, 0.4) is 0 Å². The Morgan fingerprint density at radius 2 is 1.64 bits per heavy atom. The summed E-state index contributed by atoms with van der Waals surface area (Å²) in [4.78, 5) is 52.7. The van der Waals surface area contributed by atoms with Gasteiger partial charge in [-0.1, -0.05) is 17.2 Å². The Bertz CT molecular complexity index is 687. The molecule has 25 heavy (non-hydrogen) atoms. The van der Waals surface area contributed by atoms with Crippen molar-refractivity contribution in [3.8, 4) is 0 Å². The molecule has 1 aromatic carbocycles. The van der Waals surface area contributed by atoms with Crippen LogP contribution in [0.4, 0.5) is 4.79 Å². The molecule has 1 heterocycles. The SMILES string of the molecule is CC(CC(=O)ON1C(=O)c2ccccc2C1=O)NC(=O)OC(C)(C)C. The molecule has 0 fully saturated rings. The smallest absolute Gasteiger partial charge is 0.407 e. The van der Waals surface area contributed by atoms with Gasteiger partial charge in [0.05, 0.1) is 17.5 Å². The van der Waals surface area contributed by atoms with Crippen LogP contribution in [0.2, 0.25) is 0 Å². The van der Waals surface area contributed by atoms with Gasteiger partial charge in [-0.15, -0.1) is 0 Å². The normalized spacial score (nSPS) is 14.8. The molecule has 1 atom stereocenters. The zero-order valence-electron chi connectivity index (χ0n) is 14.5. The topological polar surface area (TPSA) is 102 Å². The molecule has 2 rings (SSSR count). The second kappa shape index (κ2) is 6.92. The molecule has 1 aliphatic rings. The molecule has 134 valence electrons. The van der Waals surface area contributed by atoms with Gasteiger partial charge in [-0.25, -0.2) is 9.59 Å². The molecule has 1 N–H and O–H groups in total. The first kappa shape index (κ1) is 18.4. The molecule has 8 nitrogen and oxygen atoms in total. The van der Waals surface area contributed by atoms with E-state index >= 15 is 0 Å². The number of benzene rings is 1. The van der Waals surface area contributed by atoms with E-state index < -0.39 is 35.5 Å². The molecule has 8 heteroatoms. The molecule has 3 amide bonds. The summed E-state index contributed by atoms with van der Waals surface area (Å²) in [6.07, 6.45) is -0.902. The lowest BCUT2D eigenvalue weighted by Crippen LogP contribution is -2.40. The van der Waals surface area contributed by atoms with E-state index in [0.29, 0.717) is 5.06 Å². The third-order valence-corrected chi connectivity index (χ3v) is 3.19. The Balaban J connectivity index is 1.90. The van der Waals surface area contributed by atoms with Crippen LogP contribution in [0.1, 0.15) is 54.8 Å². The Kier molecular flexibility index (Phi) is 5.10. The first-order chi connectivity index (χ1) is 11.6. The van der Waals surface area contributed by atoms with E-state index in [9.17, 15) is 19.2 Å². The number of fused-ring (bicyclic) bond motifs is 1. The highest BCUT2D eigenvalue weighted by molar-refractivity contribution is 6.20. The minimum absolute atomic E-state index is 0.181. The molecule has 1 unspecified atom stereocenters. The fourth-order valence-corrected chi connectivity index (χ4v) is 2.20. The van der Waals surface area contributed by atoms with E-state index in [1.54, 1.807) is 39.8 Å². The Hall–Kier alpha value is -2.90. The number of nitrogens with zero attached hydrogens (tertiary/aromatic N) is 1. The van der Waals surface area contributed by atoms with Gasteiger partial charge in [0.15, 0.2) is 0 Å². The predicted octanol–water partition coefficient (Wildman–Crippen LogP) is 2.04. The molecule has 1 aromatic rings. The number of carbonyl (C=O) groups excluding carboxylic acids is 4. The highest BCUT2D eigenvalue weighted by Crippen LogP contribution is 2.22. The molecule has 0 saturated carbocycles. The molecule has 0 bridgehead atoms. The maximum atomic E-state index is 12.1. The molecule has 1 aliphatic heterocycles. The van der Waals surface area contributed by atoms with Crippen LogP contribution >= 0.6 is 0 Å². The van der Waals surface area contributed by atoms with Gasteiger partial charge >= 0.3 is 12.1 Å². The summed E-state index contributed by atoms with van der Waals surface area (Å²) in [6, 6.07) is 5.59. The fraction of sp³-hybridized carbons (Fsp3) is 0.412. The molecule has 0 saturated heterocycles. The number of nitrogens with one attached hydrogen (secondary N) is 1. The predicted molar refractivity (Wildman–Crippen MR) is 86.5 cm³/mol. The van der Waals surface area contributed by atoms with Gasteiger partial charge in [0, 0.05) is 6.04 Å². The van der Waals surface area contributed by atoms with Crippen LogP contribution in [0.15, 0.2) is 24.3 Å². The summed E-state index contributed by atoms with van der Waals surface area (Å²) in [5.41, 5.74) is -0.301. The van der Waals surface area contributed by atoms with Crippen molar-refractivity contribution >= 4 is 23.9 Å². The quantitative estimate of drug-likeness (QED) is 0.836. The van der Waals surface area contributed by atoms with Crippen LogP contribution in [0.25, 0.3) is 0 Å². The van der Waals surface area contributed by atoms with Gasteiger partial charge in [-0.05, 0) is 39.8 Å². The molecule has 0 aromatic heterocycles.